The first-order valence-corrected chi connectivity index (χ1v) is 8.38. The molecule has 0 aliphatic carbocycles. The van der Waals surface area contributed by atoms with Crippen molar-refractivity contribution in [2.75, 3.05) is 7.11 Å². The van der Waals surface area contributed by atoms with Gasteiger partial charge >= 0.3 is 0 Å². The Morgan fingerprint density at radius 1 is 0.846 bits per heavy atom. The number of para-hydroxylation sites is 2. The molecule has 1 heterocycles. The van der Waals surface area contributed by atoms with Crippen molar-refractivity contribution in [1.82, 2.24) is 9.55 Å². The molecule has 0 unspecified atom stereocenters. The molecule has 1 aromatic heterocycles. The molecule has 0 aliphatic rings. The van der Waals surface area contributed by atoms with Crippen molar-refractivity contribution < 1.29 is 4.74 Å². The van der Waals surface area contributed by atoms with E-state index >= 15 is 0 Å². The lowest BCUT2D eigenvalue weighted by atomic mass is 10.2. The molecule has 4 aromatic rings. The third kappa shape index (κ3) is 3.32. The Morgan fingerprint density at radius 3 is 2.35 bits per heavy atom. The first-order valence-electron chi connectivity index (χ1n) is 8.38. The Kier molecular flexibility index (Phi) is 4.43. The zero-order valence-corrected chi connectivity index (χ0v) is 14.4. The molecule has 128 valence electrons. The van der Waals surface area contributed by atoms with Gasteiger partial charge in [0, 0.05) is 0 Å². The van der Waals surface area contributed by atoms with Crippen molar-refractivity contribution in [3.8, 4) is 5.75 Å². The molecule has 3 aromatic carbocycles. The lowest BCUT2D eigenvalue weighted by molar-refractivity contribution is 0.415. The van der Waals surface area contributed by atoms with E-state index in [4.69, 9.17) is 4.74 Å². The molecule has 0 saturated carbocycles. The van der Waals surface area contributed by atoms with Crippen LogP contribution in [0.2, 0.25) is 0 Å². The second kappa shape index (κ2) is 7.19. The molecule has 0 N–H and O–H groups in total. The number of benzene rings is 3. The quantitative estimate of drug-likeness (QED) is 0.449. The van der Waals surface area contributed by atoms with E-state index in [-0.39, 0.29) is 0 Å². The first kappa shape index (κ1) is 16.0. The predicted molar refractivity (Wildman–Crippen MR) is 102 cm³/mol. The highest BCUT2D eigenvalue weighted by Crippen LogP contribution is 2.25. The summed E-state index contributed by atoms with van der Waals surface area (Å²) in [6.45, 7) is 0.693. The summed E-state index contributed by atoms with van der Waals surface area (Å²) in [5.41, 5.74) is 3.90. The van der Waals surface area contributed by atoms with E-state index in [2.05, 4.69) is 38.0 Å². The van der Waals surface area contributed by atoms with E-state index in [1.54, 1.807) is 7.11 Å². The van der Waals surface area contributed by atoms with Gasteiger partial charge in [0.1, 0.15) is 5.75 Å². The van der Waals surface area contributed by atoms with Gasteiger partial charge in [-0.3, -0.25) is 0 Å². The minimum absolute atomic E-state index is 0.589. The van der Waals surface area contributed by atoms with Crippen LogP contribution in [0, 0.1) is 0 Å². The Hall–Kier alpha value is -3.47. The van der Waals surface area contributed by atoms with Gasteiger partial charge in [-0.15, -0.1) is 10.2 Å². The van der Waals surface area contributed by atoms with E-state index in [9.17, 15) is 0 Å². The summed E-state index contributed by atoms with van der Waals surface area (Å²) in [6, 6.07) is 25.8. The third-order valence-electron chi connectivity index (χ3n) is 4.15. The van der Waals surface area contributed by atoms with Gasteiger partial charge in [0.2, 0.25) is 0 Å². The molecule has 0 saturated heterocycles. The number of azo groups is 1. The minimum atomic E-state index is 0.589. The number of imidazole rings is 1. The van der Waals surface area contributed by atoms with Gasteiger partial charge in [0.25, 0.3) is 5.95 Å². The zero-order valence-electron chi connectivity index (χ0n) is 14.4. The third-order valence-corrected chi connectivity index (χ3v) is 4.15. The molecular weight excluding hydrogens is 324 g/mol. The van der Waals surface area contributed by atoms with E-state index < -0.39 is 0 Å². The summed E-state index contributed by atoms with van der Waals surface area (Å²) in [6.07, 6.45) is 0. The lowest BCUT2D eigenvalue weighted by Crippen LogP contribution is -1.98. The summed E-state index contributed by atoms with van der Waals surface area (Å²) in [4.78, 5) is 4.64. The van der Waals surface area contributed by atoms with Crippen LogP contribution < -0.4 is 4.74 Å². The number of rotatable bonds is 5. The molecular formula is C21H18N4O. The highest BCUT2D eigenvalue weighted by atomic mass is 16.5. The summed E-state index contributed by atoms with van der Waals surface area (Å²) >= 11 is 0. The Labute approximate surface area is 151 Å². The Bertz CT molecular complexity index is 1040. The highest BCUT2D eigenvalue weighted by molar-refractivity contribution is 5.78. The molecule has 0 fully saturated rings. The second-order valence-corrected chi connectivity index (χ2v) is 5.87. The fourth-order valence-electron chi connectivity index (χ4n) is 2.81. The van der Waals surface area contributed by atoms with Crippen molar-refractivity contribution in [2.45, 2.75) is 6.54 Å². The molecule has 5 heteroatoms. The van der Waals surface area contributed by atoms with Gasteiger partial charge in [-0.2, -0.15) is 0 Å². The summed E-state index contributed by atoms with van der Waals surface area (Å²) in [7, 11) is 1.64. The molecule has 0 atom stereocenters. The topological polar surface area (TPSA) is 51.8 Å². The van der Waals surface area contributed by atoms with E-state index in [0.29, 0.717) is 12.5 Å². The standard InChI is InChI=1S/C21H18N4O/c1-26-18-13-11-17(12-14-18)23-24-21-22-19-9-5-6-10-20(19)25(21)15-16-7-3-2-4-8-16/h2-14H,15H2,1H3. The number of aromatic nitrogens is 2. The smallest absolute Gasteiger partial charge is 0.250 e. The molecule has 26 heavy (non-hydrogen) atoms. The van der Waals surface area contributed by atoms with Crippen molar-refractivity contribution in [3.05, 3.63) is 84.4 Å². The number of hydrogen-bond acceptors (Lipinski definition) is 4. The van der Waals surface area contributed by atoms with Crippen LogP contribution in [0.25, 0.3) is 11.0 Å². The van der Waals surface area contributed by atoms with Crippen LogP contribution >= 0.6 is 0 Å². The fraction of sp³-hybridized carbons (Fsp3) is 0.0952. The van der Waals surface area contributed by atoms with Crippen LogP contribution in [-0.4, -0.2) is 16.7 Å². The average Bonchev–Trinajstić information content (AvgIpc) is 3.05. The van der Waals surface area contributed by atoms with Crippen LogP contribution in [0.1, 0.15) is 5.56 Å². The number of fused-ring (bicyclic) bond motifs is 1. The monoisotopic (exact) mass is 342 g/mol. The number of methoxy groups -OCH3 is 1. The van der Waals surface area contributed by atoms with Gasteiger partial charge in [0.05, 0.1) is 30.4 Å². The predicted octanol–water partition coefficient (Wildman–Crippen LogP) is 5.51. The maximum Gasteiger partial charge on any atom is 0.250 e. The molecule has 0 radical (unpaired) electrons. The van der Waals surface area contributed by atoms with Crippen molar-refractivity contribution in [1.29, 1.82) is 0 Å². The maximum atomic E-state index is 5.17. The van der Waals surface area contributed by atoms with Gasteiger partial charge in [-0.1, -0.05) is 42.5 Å². The van der Waals surface area contributed by atoms with Gasteiger partial charge < -0.3 is 9.30 Å². The maximum absolute atomic E-state index is 5.17. The lowest BCUT2D eigenvalue weighted by Gasteiger charge is -2.06. The highest BCUT2D eigenvalue weighted by Gasteiger charge is 2.10. The Morgan fingerprint density at radius 2 is 1.58 bits per heavy atom. The second-order valence-electron chi connectivity index (χ2n) is 5.87. The van der Waals surface area contributed by atoms with E-state index in [1.807, 2.05) is 60.7 Å². The van der Waals surface area contributed by atoms with Crippen LogP contribution in [0.3, 0.4) is 0 Å². The molecule has 0 spiro atoms. The number of ether oxygens (including phenoxy) is 1. The molecule has 0 aliphatic heterocycles. The number of hydrogen-bond donors (Lipinski definition) is 0. The van der Waals surface area contributed by atoms with Crippen molar-refractivity contribution in [3.63, 3.8) is 0 Å². The SMILES string of the molecule is COc1ccc(N=Nc2nc3ccccc3n2Cc2ccccc2)cc1. The Balaban J connectivity index is 1.71. The molecule has 4 rings (SSSR count). The molecule has 0 amide bonds. The minimum Gasteiger partial charge on any atom is -0.497 e. The van der Waals surface area contributed by atoms with Gasteiger partial charge in [0.15, 0.2) is 0 Å². The summed E-state index contributed by atoms with van der Waals surface area (Å²) in [5.74, 6) is 1.38. The first-order chi connectivity index (χ1) is 12.8. The summed E-state index contributed by atoms with van der Waals surface area (Å²) < 4.78 is 7.25. The zero-order chi connectivity index (χ0) is 17.8. The number of nitrogens with zero attached hydrogens (tertiary/aromatic N) is 4. The fourth-order valence-corrected chi connectivity index (χ4v) is 2.81. The molecule has 0 bridgehead atoms. The van der Waals surface area contributed by atoms with Crippen molar-refractivity contribution in [2.24, 2.45) is 10.2 Å². The van der Waals surface area contributed by atoms with Gasteiger partial charge in [-0.25, -0.2) is 4.98 Å². The van der Waals surface area contributed by atoms with Crippen LogP contribution in [0.15, 0.2) is 89.1 Å². The van der Waals surface area contributed by atoms with Crippen LogP contribution in [-0.2, 0) is 6.54 Å². The van der Waals surface area contributed by atoms with Crippen LogP contribution in [0.4, 0.5) is 11.6 Å². The summed E-state index contributed by atoms with van der Waals surface area (Å²) in [5, 5.41) is 8.74. The van der Waals surface area contributed by atoms with E-state index in [0.717, 1.165) is 22.5 Å². The van der Waals surface area contributed by atoms with Crippen molar-refractivity contribution >= 4 is 22.7 Å². The van der Waals surface area contributed by atoms with E-state index in [1.165, 1.54) is 5.56 Å². The van der Waals surface area contributed by atoms with Crippen LogP contribution in [0.5, 0.6) is 5.75 Å². The van der Waals surface area contributed by atoms with Gasteiger partial charge in [-0.05, 0) is 42.0 Å². The normalized spacial score (nSPS) is 11.3. The molecule has 5 nitrogen and oxygen atoms in total. The average molecular weight is 342 g/mol. The largest absolute Gasteiger partial charge is 0.497 e.